The summed E-state index contributed by atoms with van der Waals surface area (Å²) in [5.74, 6) is 0. The summed E-state index contributed by atoms with van der Waals surface area (Å²) in [6, 6.07) is 2.10. The van der Waals surface area contributed by atoms with Gasteiger partial charge in [-0.1, -0.05) is 55.2 Å². The minimum Gasteiger partial charge on any atom is -0.387 e. The molecule has 0 radical (unpaired) electrons. The standard InChI is InChI=1S/C20H36BrN3O4Si2/c1-29(2,3)9-7-27-14-23-13-16(18(25)11-21)19-17(23)12-22-24(20(19)26)15-28-8-10-30(4,5)6/h12-13,18,25H,7-11,14-15H2,1-6H3. The van der Waals surface area contributed by atoms with E-state index >= 15 is 0 Å². The minimum atomic E-state index is -1.19. The molecule has 0 spiro atoms. The van der Waals surface area contributed by atoms with E-state index in [1.54, 1.807) is 12.4 Å². The van der Waals surface area contributed by atoms with Crippen LogP contribution in [0.4, 0.5) is 0 Å². The molecule has 0 bridgehead atoms. The fraction of sp³-hybridized carbons (Fsp3) is 0.700. The summed E-state index contributed by atoms with van der Waals surface area (Å²) < 4.78 is 14.7. The molecule has 2 aromatic heterocycles. The first kappa shape index (κ1) is 25.5. The molecule has 1 N–H and O–H groups in total. The van der Waals surface area contributed by atoms with Crippen LogP contribution in [0.25, 0.3) is 10.9 Å². The molecule has 10 heteroatoms. The predicted octanol–water partition coefficient (Wildman–Crippen LogP) is 4.25. The second-order valence-electron chi connectivity index (χ2n) is 10.1. The second kappa shape index (κ2) is 10.7. The van der Waals surface area contributed by atoms with Crippen molar-refractivity contribution < 1.29 is 14.6 Å². The zero-order chi connectivity index (χ0) is 22.5. The lowest BCUT2D eigenvalue weighted by molar-refractivity contribution is 0.0752. The normalized spacial score (nSPS) is 13.9. The maximum Gasteiger partial charge on any atom is 0.278 e. The van der Waals surface area contributed by atoms with E-state index in [0.717, 1.165) is 12.1 Å². The Morgan fingerprint density at radius 3 is 2.17 bits per heavy atom. The van der Waals surface area contributed by atoms with Crippen molar-refractivity contribution in [1.82, 2.24) is 14.3 Å². The summed E-state index contributed by atoms with van der Waals surface area (Å²) in [7, 11) is -2.36. The van der Waals surface area contributed by atoms with Gasteiger partial charge in [-0.25, -0.2) is 4.68 Å². The van der Waals surface area contributed by atoms with E-state index in [2.05, 4.69) is 60.3 Å². The molecule has 170 valence electrons. The number of hydrogen-bond donors (Lipinski definition) is 1. The molecule has 0 saturated heterocycles. The third kappa shape index (κ3) is 7.42. The maximum absolute atomic E-state index is 13.1. The van der Waals surface area contributed by atoms with Gasteiger partial charge in [0.25, 0.3) is 5.56 Å². The maximum atomic E-state index is 13.1. The van der Waals surface area contributed by atoms with E-state index < -0.39 is 22.3 Å². The fourth-order valence-corrected chi connectivity index (χ4v) is 4.74. The molecule has 1 atom stereocenters. The highest BCUT2D eigenvalue weighted by Crippen LogP contribution is 2.25. The van der Waals surface area contributed by atoms with Gasteiger partial charge in [0.1, 0.15) is 13.5 Å². The van der Waals surface area contributed by atoms with Gasteiger partial charge in [-0.2, -0.15) is 5.10 Å². The zero-order valence-electron chi connectivity index (χ0n) is 19.1. The largest absolute Gasteiger partial charge is 0.387 e. The van der Waals surface area contributed by atoms with Crippen molar-refractivity contribution in [3.63, 3.8) is 0 Å². The van der Waals surface area contributed by atoms with Crippen LogP contribution in [-0.4, -0.2) is 54.1 Å². The number of rotatable bonds is 12. The van der Waals surface area contributed by atoms with Crippen LogP contribution in [0.2, 0.25) is 51.4 Å². The summed E-state index contributed by atoms with van der Waals surface area (Å²) in [6.07, 6.45) is 2.67. The molecule has 7 nitrogen and oxygen atoms in total. The SMILES string of the molecule is C[Si](C)(C)CCOCn1ncc2c(c(C(O)CBr)cn2COCC[Si](C)(C)C)c1=O. The molecular formula is C20H36BrN3O4Si2. The van der Waals surface area contributed by atoms with Crippen LogP contribution >= 0.6 is 15.9 Å². The monoisotopic (exact) mass is 517 g/mol. The van der Waals surface area contributed by atoms with E-state index in [4.69, 9.17) is 9.47 Å². The minimum absolute atomic E-state index is 0.112. The molecule has 2 rings (SSSR count). The first-order valence-electron chi connectivity index (χ1n) is 10.4. The van der Waals surface area contributed by atoms with Gasteiger partial charge >= 0.3 is 0 Å². The lowest BCUT2D eigenvalue weighted by atomic mass is 10.1. The van der Waals surface area contributed by atoms with Crippen LogP contribution in [0, 0.1) is 0 Å². The van der Waals surface area contributed by atoms with Gasteiger partial charge in [0.2, 0.25) is 0 Å². The Kier molecular flexibility index (Phi) is 9.08. The third-order valence-corrected chi connectivity index (χ3v) is 8.88. The van der Waals surface area contributed by atoms with E-state index in [0.29, 0.717) is 41.7 Å². The van der Waals surface area contributed by atoms with Crippen molar-refractivity contribution in [2.45, 2.75) is 70.9 Å². The quantitative estimate of drug-likeness (QED) is 0.258. The molecule has 0 aliphatic heterocycles. The zero-order valence-corrected chi connectivity index (χ0v) is 22.7. The number of aromatic nitrogens is 3. The van der Waals surface area contributed by atoms with Crippen molar-refractivity contribution in [3.8, 4) is 0 Å². The molecule has 1 unspecified atom stereocenters. The topological polar surface area (TPSA) is 78.5 Å². The van der Waals surface area contributed by atoms with Crippen LogP contribution in [0.1, 0.15) is 11.7 Å². The van der Waals surface area contributed by atoms with Gasteiger partial charge in [0.15, 0.2) is 0 Å². The van der Waals surface area contributed by atoms with Crippen LogP contribution in [0.5, 0.6) is 0 Å². The Morgan fingerprint density at radius 1 is 1.07 bits per heavy atom. The number of aliphatic hydroxyl groups is 1. The lowest BCUT2D eigenvalue weighted by Gasteiger charge is -2.16. The average molecular weight is 519 g/mol. The Labute approximate surface area is 189 Å². The van der Waals surface area contributed by atoms with Gasteiger partial charge in [0.05, 0.1) is 23.2 Å². The van der Waals surface area contributed by atoms with E-state index in [-0.39, 0.29) is 12.3 Å². The highest BCUT2D eigenvalue weighted by Gasteiger charge is 2.20. The number of nitrogens with zero attached hydrogens (tertiary/aromatic N) is 3. The van der Waals surface area contributed by atoms with Gasteiger partial charge in [-0.05, 0) is 12.1 Å². The highest BCUT2D eigenvalue weighted by atomic mass is 79.9. The molecule has 0 saturated carbocycles. The van der Waals surface area contributed by atoms with Crippen molar-refractivity contribution in [2.75, 3.05) is 18.5 Å². The Bertz CT molecular complexity index is 887. The van der Waals surface area contributed by atoms with E-state index in [1.165, 1.54) is 4.68 Å². The van der Waals surface area contributed by atoms with Crippen LogP contribution in [-0.2, 0) is 22.9 Å². The first-order chi connectivity index (χ1) is 13.9. The van der Waals surface area contributed by atoms with Gasteiger partial charge in [-0.15, -0.1) is 0 Å². The van der Waals surface area contributed by atoms with Crippen LogP contribution < -0.4 is 5.56 Å². The average Bonchev–Trinajstić information content (AvgIpc) is 3.01. The Morgan fingerprint density at radius 2 is 1.63 bits per heavy atom. The summed E-state index contributed by atoms with van der Waals surface area (Å²) in [4.78, 5) is 13.1. The van der Waals surface area contributed by atoms with Crippen LogP contribution in [0.15, 0.2) is 17.2 Å². The van der Waals surface area contributed by atoms with Gasteiger partial charge in [0, 0.05) is 46.5 Å². The van der Waals surface area contributed by atoms with Crippen molar-refractivity contribution >= 4 is 43.0 Å². The Balaban J connectivity index is 2.22. The fourth-order valence-electron chi connectivity index (χ4n) is 2.88. The number of ether oxygens (including phenoxy) is 2. The molecule has 30 heavy (non-hydrogen) atoms. The Hall–Kier alpha value is -0.786. The number of aliphatic hydroxyl groups excluding tert-OH is 1. The smallest absolute Gasteiger partial charge is 0.278 e. The van der Waals surface area contributed by atoms with Crippen molar-refractivity contribution in [3.05, 3.63) is 28.3 Å². The summed E-state index contributed by atoms with van der Waals surface area (Å²) in [6.45, 7) is 15.5. The van der Waals surface area contributed by atoms with E-state index in [1.807, 2.05) is 4.57 Å². The molecule has 0 amide bonds. The highest BCUT2D eigenvalue weighted by molar-refractivity contribution is 9.09. The van der Waals surface area contributed by atoms with Crippen LogP contribution in [0.3, 0.4) is 0 Å². The van der Waals surface area contributed by atoms with Gasteiger partial charge < -0.3 is 19.1 Å². The molecule has 0 aliphatic carbocycles. The summed E-state index contributed by atoms with van der Waals surface area (Å²) in [5, 5.41) is 15.6. The first-order valence-corrected chi connectivity index (χ1v) is 18.9. The number of halogens is 1. The molecule has 2 aromatic rings. The number of alkyl halides is 1. The predicted molar refractivity (Wildman–Crippen MR) is 131 cm³/mol. The van der Waals surface area contributed by atoms with Gasteiger partial charge in [-0.3, -0.25) is 4.79 Å². The lowest BCUT2D eigenvalue weighted by Crippen LogP contribution is -2.27. The molecular weight excluding hydrogens is 482 g/mol. The second-order valence-corrected chi connectivity index (χ2v) is 22.0. The summed E-state index contributed by atoms with van der Waals surface area (Å²) >= 11 is 3.31. The number of hydrogen-bond acceptors (Lipinski definition) is 5. The van der Waals surface area contributed by atoms with Crippen molar-refractivity contribution in [2.24, 2.45) is 0 Å². The molecule has 2 heterocycles. The molecule has 0 aromatic carbocycles. The molecule has 0 aliphatic rings. The third-order valence-electron chi connectivity index (χ3n) is 4.86. The van der Waals surface area contributed by atoms with Crippen molar-refractivity contribution in [1.29, 1.82) is 0 Å². The van der Waals surface area contributed by atoms with E-state index in [9.17, 15) is 9.90 Å². The summed E-state index contributed by atoms with van der Waals surface area (Å²) in [5.41, 5.74) is 0.997. The molecule has 0 fully saturated rings. The number of fused-ring (bicyclic) bond motifs is 1.